The fourth-order valence-electron chi connectivity index (χ4n) is 2.06. The lowest BCUT2D eigenvalue weighted by molar-refractivity contribution is 0.0946. The highest BCUT2D eigenvalue weighted by Gasteiger charge is 2.13. The van der Waals surface area contributed by atoms with E-state index in [9.17, 15) is 9.59 Å². The molecule has 2 N–H and O–H groups in total. The van der Waals surface area contributed by atoms with Crippen LogP contribution in [0.25, 0.3) is 0 Å². The van der Waals surface area contributed by atoms with Crippen LogP contribution in [0, 0.1) is 11.3 Å². The van der Waals surface area contributed by atoms with Gasteiger partial charge < -0.3 is 15.5 Å². The second-order valence-corrected chi connectivity index (χ2v) is 5.60. The molecule has 0 aliphatic rings. The van der Waals surface area contributed by atoms with E-state index in [0.29, 0.717) is 29.9 Å². The molecule has 2 rings (SSSR count). The largest absolute Gasteiger partial charge is 0.349 e. The third kappa shape index (κ3) is 5.12. The summed E-state index contributed by atoms with van der Waals surface area (Å²) in [6.07, 6.45) is 1.41. The van der Waals surface area contributed by atoms with Gasteiger partial charge in [0.15, 0.2) is 0 Å². The van der Waals surface area contributed by atoms with Crippen LogP contribution in [0.1, 0.15) is 26.4 Å². The first kappa shape index (κ1) is 18.1. The highest BCUT2D eigenvalue weighted by Crippen LogP contribution is 2.15. The molecule has 1 aromatic heterocycles. The third-order valence-corrected chi connectivity index (χ3v) is 3.40. The number of aromatic nitrogens is 1. The van der Waals surface area contributed by atoms with Crippen LogP contribution in [-0.2, 0) is 0 Å². The summed E-state index contributed by atoms with van der Waals surface area (Å²) in [5.41, 5.74) is 1.25. The van der Waals surface area contributed by atoms with Gasteiger partial charge in [0.1, 0.15) is 11.8 Å². The zero-order valence-electron chi connectivity index (χ0n) is 14.1. The Morgan fingerprint density at radius 1 is 1.20 bits per heavy atom. The monoisotopic (exact) mass is 337 g/mol. The van der Waals surface area contributed by atoms with Crippen molar-refractivity contribution in [1.82, 2.24) is 15.2 Å². The lowest BCUT2D eigenvalue weighted by Gasteiger charge is -2.10. The molecule has 1 aromatic carbocycles. The zero-order chi connectivity index (χ0) is 18.2. The Labute approximate surface area is 146 Å². The Balaban J connectivity index is 2.08. The van der Waals surface area contributed by atoms with Crippen LogP contribution in [0.2, 0.25) is 0 Å². The highest BCUT2D eigenvalue weighted by atomic mass is 16.2. The molecule has 7 heteroatoms. The van der Waals surface area contributed by atoms with Crippen molar-refractivity contribution in [2.24, 2.45) is 0 Å². The minimum absolute atomic E-state index is 0.167. The molecule has 25 heavy (non-hydrogen) atoms. The van der Waals surface area contributed by atoms with Crippen LogP contribution in [0.3, 0.4) is 0 Å². The number of hydrogen-bond donors (Lipinski definition) is 2. The number of hydrogen-bond acceptors (Lipinski definition) is 5. The van der Waals surface area contributed by atoms with Crippen LogP contribution in [0.15, 0.2) is 42.6 Å². The first-order valence-electron chi connectivity index (χ1n) is 7.70. The van der Waals surface area contributed by atoms with Crippen molar-refractivity contribution in [3.05, 3.63) is 59.4 Å². The maximum atomic E-state index is 12.4. The van der Waals surface area contributed by atoms with Crippen LogP contribution in [0.5, 0.6) is 0 Å². The quantitative estimate of drug-likeness (QED) is 0.832. The number of likely N-dealkylation sites (N-methyl/N-ethyl adjacent to an activating group) is 1. The molecule has 0 fully saturated rings. The number of nitriles is 1. The predicted octanol–water partition coefficient (Wildman–Crippen LogP) is 1.50. The number of nitrogens with one attached hydrogen (secondary N) is 2. The van der Waals surface area contributed by atoms with Crippen LogP contribution < -0.4 is 10.6 Å². The Hall–Kier alpha value is -3.24. The van der Waals surface area contributed by atoms with E-state index in [0.717, 1.165) is 0 Å². The van der Waals surface area contributed by atoms with E-state index in [-0.39, 0.29) is 11.6 Å². The van der Waals surface area contributed by atoms with Crippen molar-refractivity contribution in [2.75, 3.05) is 32.5 Å². The van der Waals surface area contributed by atoms with Crippen LogP contribution >= 0.6 is 0 Å². The average Bonchev–Trinajstić information content (AvgIpc) is 2.61. The van der Waals surface area contributed by atoms with Gasteiger partial charge in [-0.3, -0.25) is 14.6 Å². The molecule has 128 valence electrons. The Bertz CT molecular complexity index is 811. The van der Waals surface area contributed by atoms with Gasteiger partial charge in [0.2, 0.25) is 0 Å². The molecule has 0 radical (unpaired) electrons. The summed E-state index contributed by atoms with van der Waals surface area (Å²) in [6.45, 7) is 1.19. The summed E-state index contributed by atoms with van der Waals surface area (Å²) >= 11 is 0. The van der Waals surface area contributed by atoms with Gasteiger partial charge in [-0.2, -0.15) is 5.26 Å². The van der Waals surface area contributed by atoms with E-state index < -0.39 is 5.91 Å². The molecule has 0 aliphatic heterocycles. The Kier molecular flexibility index (Phi) is 6.20. The predicted molar refractivity (Wildman–Crippen MR) is 94.2 cm³/mol. The van der Waals surface area contributed by atoms with E-state index in [4.69, 9.17) is 5.26 Å². The number of pyridine rings is 1. The molecule has 7 nitrogen and oxygen atoms in total. The van der Waals surface area contributed by atoms with E-state index in [1.54, 1.807) is 24.3 Å². The molecule has 0 bridgehead atoms. The minimum atomic E-state index is -0.410. The molecule has 0 saturated carbocycles. The van der Waals surface area contributed by atoms with E-state index in [1.807, 2.05) is 25.1 Å². The zero-order valence-corrected chi connectivity index (χ0v) is 14.1. The van der Waals surface area contributed by atoms with Gasteiger partial charge in [-0.15, -0.1) is 0 Å². The number of amides is 2. The lowest BCUT2D eigenvalue weighted by Crippen LogP contribution is -2.32. The fourth-order valence-corrected chi connectivity index (χ4v) is 2.06. The van der Waals surface area contributed by atoms with Crippen molar-refractivity contribution in [3.8, 4) is 6.07 Å². The molecule has 0 unspecified atom stereocenters. The smallest absolute Gasteiger partial charge is 0.269 e. The minimum Gasteiger partial charge on any atom is -0.349 e. The van der Waals surface area contributed by atoms with Gasteiger partial charge in [0.25, 0.3) is 11.8 Å². The summed E-state index contributed by atoms with van der Waals surface area (Å²) < 4.78 is 0. The van der Waals surface area contributed by atoms with E-state index >= 15 is 0 Å². The first-order valence-corrected chi connectivity index (χ1v) is 7.70. The molecule has 0 atom stereocenters. The number of carbonyl (C=O) groups excluding carboxylic acids is 2. The van der Waals surface area contributed by atoms with Crippen molar-refractivity contribution < 1.29 is 9.59 Å². The van der Waals surface area contributed by atoms with Gasteiger partial charge in [-0.1, -0.05) is 12.1 Å². The second-order valence-electron chi connectivity index (χ2n) is 5.60. The van der Waals surface area contributed by atoms with E-state index in [2.05, 4.69) is 15.6 Å². The highest BCUT2D eigenvalue weighted by molar-refractivity contribution is 6.06. The molecule has 0 spiro atoms. The number of carbonyl (C=O) groups is 2. The van der Waals surface area contributed by atoms with Crippen LogP contribution in [0.4, 0.5) is 5.69 Å². The molecule has 2 amide bonds. The summed E-state index contributed by atoms with van der Waals surface area (Å²) in [5.74, 6) is -0.749. The first-order chi connectivity index (χ1) is 12.0. The Morgan fingerprint density at radius 2 is 1.96 bits per heavy atom. The lowest BCUT2D eigenvalue weighted by atomic mass is 10.1. The SMILES string of the molecule is CN(C)CCNC(=O)c1cc(C(=O)Nc2ccccc2C#N)ccn1. The van der Waals surface area contributed by atoms with Gasteiger partial charge >= 0.3 is 0 Å². The van der Waals surface area contributed by atoms with Crippen LogP contribution in [-0.4, -0.2) is 48.9 Å². The van der Waals surface area contributed by atoms with Gasteiger partial charge in [-0.05, 0) is 38.4 Å². The maximum absolute atomic E-state index is 12.4. The second kappa shape index (κ2) is 8.57. The number of anilines is 1. The van der Waals surface area contributed by atoms with Crippen molar-refractivity contribution in [2.45, 2.75) is 0 Å². The fraction of sp³-hybridized carbons (Fsp3) is 0.222. The van der Waals surface area contributed by atoms with Gasteiger partial charge in [-0.25, -0.2) is 0 Å². The van der Waals surface area contributed by atoms with Gasteiger partial charge in [0.05, 0.1) is 11.3 Å². The molecule has 0 aliphatic carbocycles. The molecular weight excluding hydrogens is 318 g/mol. The van der Waals surface area contributed by atoms with Crippen molar-refractivity contribution >= 4 is 17.5 Å². The summed E-state index contributed by atoms with van der Waals surface area (Å²) in [5, 5.41) is 14.5. The normalized spacial score (nSPS) is 10.2. The molecule has 1 heterocycles. The molecule has 2 aromatic rings. The van der Waals surface area contributed by atoms with Crippen molar-refractivity contribution in [3.63, 3.8) is 0 Å². The van der Waals surface area contributed by atoms with Gasteiger partial charge in [0, 0.05) is 24.8 Å². The summed E-state index contributed by atoms with van der Waals surface area (Å²) in [7, 11) is 3.82. The number of benzene rings is 1. The Morgan fingerprint density at radius 3 is 2.68 bits per heavy atom. The maximum Gasteiger partial charge on any atom is 0.269 e. The average molecular weight is 337 g/mol. The summed E-state index contributed by atoms with van der Waals surface area (Å²) in [6, 6.07) is 11.7. The third-order valence-electron chi connectivity index (χ3n) is 3.40. The number of para-hydroxylation sites is 1. The molecule has 0 saturated heterocycles. The van der Waals surface area contributed by atoms with Crippen molar-refractivity contribution in [1.29, 1.82) is 5.26 Å². The number of nitrogens with zero attached hydrogens (tertiary/aromatic N) is 3. The summed E-state index contributed by atoms with van der Waals surface area (Å²) in [4.78, 5) is 30.4. The standard InChI is InChI=1S/C18H19N5O2/c1-23(2)10-9-21-18(25)16-11-13(7-8-20-16)17(24)22-15-6-4-3-5-14(15)12-19/h3-8,11H,9-10H2,1-2H3,(H,21,25)(H,22,24). The number of rotatable bonds is 6. The molecular formula is C18H19N5O2. The topological polar surface area (TPSA) is 98.1 Å². The van der Waals surface area contributed by atoms with E-state index in [1.165, 1.54) is 18.3 Å².